The highest BCUT2D eigenvalue weighted by molar-refractivity contribution is 7.87. The van der Waals surface area contributed by atoms with Gasteiger partial charge in [0.05, 0.1) is 4.92 Å². The minimum atomic E-state index is -4.97. The third kappa shape index (κ3) is 4.59. The zero-order valence-corrected chi connectivity index (χ0v) is 12.4. The third-order valence-corrected chi connectivity index (χ3v) is 3.82. The first-order valence-corrected chi connectivity index (χ1v) is 7.52. The summed E-state index contributed by atoms with van der Waals surface area (Å²) in [5, 5.41) is 10.5. The van der Waals surface area contributed by atoms with Crippen molar-refractivity contribution in [2.24, 2.45) is 0 Å². The number of hydrogen-bond acceptors (Lipinski definition) is 6. The highest BCUT2D eigenvalue weighted by Gasteiger charge is 2.31. The molecular weight excluding hydrogens is 355 g/mol. The molecule has 0 fully saturated rings. The van der Waals surface area contributed by atoms with Crippen LogP contribution < -0.4 is 8.92 Å². The molecule has 0 atom stereocenters. The molecule has 0 aliphatic carbocycles. The van der Waals surface area contributed by atoms with Crippen molar-refractivity contribution in [2.45, 2.75) is 11.3 Å². The Labute approximate surface area is 133 Å². The van der Waals surface area contributed by atoms with Crippen LogP contribution in [0.1, 0.15) is 0 Å². The van der Waals surface area contributed by atoms with Crippen LogP contribution >= 0.6 is 0 Å². The maximum atomic E-state index is 12.2. The second-order valence-corrected chi connectivity index (χ2v) is 5.86. The zero-order valence-electron chi connectivity index (χ0n) is 11.6. The van der Waals surface area contributed by atoms with E-state index in [2.05, 4.69) is 4.74 Å². The van der Waals surface area contributed by atoms with Gasteiger partial charge in [-0.2, -0.15) is 8.42 Å². The van der Waals surface area contributed by atoms with Crippen LogP contribution in [0, 0.1) is 10.1 Å². The first-order chi connectivity index (χ1) is 11.1. The number of nitrogens with zero attached hydrogens (tertiary/aromatic N) is 1. The Morgan fingerprint density at radius 3 is 2.17 bits per heavy atom. The van der Waals surface area contributed by atoms with Crippen molar-refractivity contribution in [1.82, 2.24) is 0 Å². The lowest BCUT2D eigenvalue weighted by atomic mass is 10.3. The van der Waals surface area contributed by atoms with Crippen molar-refractivity contribution in [3.8, 4) is 11.5 Å². The van der Waals surface area contributed by atoms with Crippen LogP contribution in [0.15, 0.2) is 53.4 Å². The summed E-state index contributed by atoms with van der Waals surface area (Å²) >= 11 is 0. The molecule has 7 nitrogen and oxygen atoms in total. The van der Waals surface area contributed by atoms with Crippen LogP contribution in [0.4, 0.5) is 18.9 Å². The lowest BCUT2D eigenvalue weighted by molar-refractivity contribution is -0.384. The maximum absolute atomic E-state index is 12.2. The average molecular weight is 363 g/mol. The molecule has 0 heterocycles. The van der Waals surface area contributed by atoms with Gasteiger partial charge >= 0.3 is 16.5 Å². The van der Waals surface area contributed by atoms with Crippen LogP contribution in [0.25, 0.3) is 0 Å². The van der Waals surface area contributed by atoms with Gasteiger partial charge in [0.2, 0.25) is 0 Å². The number of non-ortho nitro benzene ring substituents is 1. The minimum Gasteiger partial charge on any atom is -0.406 e. The Hall–Kier alpha value is -2.82. The number of ether oxygens (including phenoxy) is 1. The van der Waals surface area contributed by atoms with Gasteiger partial charge in [-0.1, -0.05) is 6.07 Å². The Bertz CT molecular complexity index is 849. The van der Waals surface area contributed by atoms with Gasteiger partial charge in [0.15, 0.2) is 0 Å². The third-order valence-electron chi connectivity index (χ3n) is 2.58. The highest BCUT2D eigenvalue weighted by atomic mass is 32.2. The lowest BCUT2D eigenvalue weighted by Crippen LogP contribution is -2.17. The van der Waals surface area contributed by atoms with E-state index in [9.17, 15) is 31.7 Å². The number of nitro groups is 1. The van der Waals surface area contributed by atoms with Gasteiger partial charge in [-0.05, 0) is 24.3 Å². The number of halogens is 3. The molecular formula is C13H8F3NO6S. The van der Waals surface area contributed by atoms with Crippen LogP contribution in [0.2, 0.25) is 0 Å². The summed E-state index contributed by atoms with van der Waals surface area (Å²) in [6.45, 7) is 0. The van der Waals surface area contributed by atoms with E-state index in [0.717, 1.165) is 42.5 Å². The van der Waals surface area contributed by atoms with Crippen LogP contribution in [-0.2, 0) is 10.1 Å². The van der Waals surface area contributed by atoms with Crippen molar-refractivity contribution in [3.63, 3.8) is 0 Å². The SMILES string of the molecule is O=[N+]([O-])c1ccc(OS(=O)(=O)c2cccc(OC(F)(F)F)c2)cc1. The van der Waals surface area contributed by atoms with E-state index in [4.69, 9.17) is 4.18 Å². The van der Waals surface area contributed by atoms with Gasteiger partial charge in [0, 0.05) is 18.2 Å². The second kappa shape index (κ2) is 6.35. The Kier molecular flexibility index (Phi) is 4.64. The molecule has 0 N–H and O–H groups in total. The van der Waals surface area contributed by atoms with E-state index in [0.29, 0.717) is 6.07 Å². The monoisotopic (exact) mass is 363 g/mol. The quantitative estimate of drug-likeness (QED) is 0.460. The molecule has 0 aliphatic rings. The maximum Gasteiger partial charge on any atom is 0.573 e. The predicted octanol–water partition coefficient (Wildman–Crippen LogP) is 3.26. The fraction of sp³-hybridized carbons (Fsp3) is 0.0769. The fourth-order valence-electron chi connectivity index (χ4n) is 1.63. The van der Waals surface area contributed by atoms with Gasteiger partial charge in [0.25, 0.3) is 5.69 Å². The zero-order chi connectivity index (χ0) is 18.0. The normalized spacial score (nSPS) is 11.8. The molecule has 11 heteroatoms. The number of alkyl halides is 3. The van der Waals surface area contributed by atoms with E-state index >= 15 is 0 Å². The number of benzene rings is 2. The molecule has 0 spiro atoms. The van der Waals surface area contributed by atoms with E-state index < -0.39 is 32.0 Å². The van der Waals surface area contributed by atoms with E-state index in [1.54, 1.807) is 0 Å². The first-order valence-electron chi connectivity index (χ1n) is 6.11. The highest BCUT2D eigenvalue weighted by Crippen LogP contribution is 2.27. The summed E-state index contributed by atoms with van der Waals surface area (Å²) in [7, 11) is -4.44. The molecule has 0 radical (unpaired) electrons. The molecule has 0 amide bonds. The Balaban J connectivity index is 2.24. The van der Waals surface area contributed by atoms with E-state index in [1.807, 2.05) is 0 Å². The largest absolute Gasteiger partial charge is 0.573 e. The molecule has 2 rings (SSSR count). The first kappa shape index (κ1) is 17.5. The van der Waals surface area contributed by atoms with Crippen molar-refractivity contribution >= 4 is 15.8 Å². The number of rotatable bonds is 5. The van der Waals surface area contributed by atoms with Gasteiger partial charge in [-0.3, -0.25) is 10.1 Å². The molecule has 2 aromatic rings. The topological polar surface area (TPSA) is 95.7 Å². The van der Waals surface area contributed by atoms with Crippen molar-refractivity contribution < 1.29 is 35.4 Å². The molecule has 0 aliphatic heterocycles. The molecule has 0 aromatic heterocycles. The summed E-state index contributed by atoms with van der Waals surface area (Å²) in [5.41, 5.74) is -0.277. The molecule has 128 valence electrons. The number of nitro benzene ring substituents is 1. The summed E-state index contributed by atoms with van der Waals surface area (Å²) in [6, 6.07) is 7.78. The Morgan fingerprint density at radius 2 is 1.62 bits per heavy atom. The van der Waals surface area contributed by atoms with Crippen molar-refractivity contribution in [1.29, 1.82) is 0 Å². The fourth-order valence-corrected chi connectivity index (χ4v) is 2.59. The predicted molar refractivity (Wildman–Crippen MR) is 74.0 cm³/mol. The van der Waals surface area contributed by atoms with Crippen LogP contribution in [-0.4, -0.2) is 19.7 Å². The molecule has 24 heavy (non-hydrogen) atoms. The van der Waals surface area contributed by atoms with E-state index in [-0.39, 0.29) is 11.4 Å². The minimum absolute atomic E-state index is 0.234. The van der Waals surface area contributed by atoms with Crippen molar-refractivity contribution in [2.75, 3.05) is 0 Å². The van der Waals surface area contributed by atoms with Crippen molar-refractivity contribution in [3.05, 3.63) is 58.6 Å². The summed E-state index contributed by atoms with van der Waals surface area (Å²) in [4.78, 5) is 9.26. The smallest absolute Gasteiger partial charge is 0.406 e. The molecule has 0 saturated heterocycles. The van der Waals surface area contributed by atoms with Gasteiger partial charge in [0.1, 0.15) is 16.4 Å². The summed E-state index contributed by atoms with van der Waals surface area (Å²) in [5.74, 6) is -0.960. The van der Waals surface area contributed by atoms with Gasteiger partial charge in [-0.25, -0.2) is 0 Å². The number of hydrogen-bond donors (Lipinski definition) is 0. The average Bonchev–Trinajstić information content (AvgIpc) is 2.46. The summed E-state index contributed by atoms with van der Waals surface area (Å²) < 4.78 is 68.9. The van der Waals surface area contributed by atoms with Crippen LogP contribution in [0.5, 0.6) is 11.5 Å². The Morgan fingerprint density at radius 1 is 1.00 bits per heavy atom. The molecule has 0 saturated carbocycles. The molecule has 2 aromatic carbocycles. The van der Waals surface area contributed by atoms with Gasteiger partial charge < -0.3 is 8.92 Å². The standard InChI is InChI=1S/C13H8F3NO6S/c14-13(15,16)22-11-2-1-3-12(8-11)24(20,21)23-10-6-4-9(5-7-10)17(18)19/h1-8H. The molecule has 0 unspecified atom stereocenters. The van der Waals surface area contributed by atoms with E-state index in [1.165, 1.54) is 0 Å². The lowest BCUT2D eigenvalue weighted by Gasteiger charge is -2.11. The summed E-state index contributed by atoms with van der Waals surface area (Å²) in [6.07, 6.45) is -4.97. The van der Waals surface area contributed by atoms with Gasteiger partial charge in [-0.15, -0.1) is 13.2 Å². The second-order valence-electron chi connectivity index (χ2n) is 4.31. The molecule has 0 bridgehead atoms. The van der Waals surface area contributed by atoms with Crippen LogP contribution in [0.3, 0.4) is 0 Å².